The molecule has 1 aromatic heterocycles. The van der Waals surface area contributed by atoms with Gasteiger partial charge in [0.25, 0.3) is 0 Å². The summed E-state index contributed by atoms with van der Waals surface area (Å²) in [5.41, 5.74) is 1.03. The van der Waals surface area contributed by atoms with Crippen LogP contribution in [0.1, 0.15) is 20.3 Å². The van der Waals surface area contributed by atoms with E-state index >= 15 is 0 Å². The summed E-state index contributed by atoms with van der Waals surface area (Å²) in [6.45, 7) is 7.60. The van der Waals surface area contributed by atoms with Crippen molar-refractivity contribution in [1.29, 1.82) is 0 Å². The normalized spacial score (nSPS) is 11.1. The first-order valence-corrected chi connectivity index (χ1v) is 10.3. The molecule has 0 radical (unpaired) electrons. The number of para-hydroxylation sites is 1. The molecule has 0 N–H and O–H groups in total. The Balaban J connectivity index is 2.00. The van der Waals surface area contributed by atoms with Gasteiger partial charge in [0.15, 0.2) is 17.3 Å². The summed E-state index contributed by atoms with van der Waals surface area (Å²) in [6.07, 6.45) is 0.819. The number of hydrogen-bond donors (Lipinski definition) is 0. The van der Waals surface area contributed by atoms with Gasteiger partial charge in [0.2, 0.25) is 11.2 Å². The maximum absolute atomic E-state index is 13.2. The zero-order valence-corrected chi connectivity index (χ0v) is 18.1. The zero-order chi connectivity index (χ0) is 21.5. The fourth-order valence-electron chi connectivity index (χ4n) is 3.43. The fraction of sp³-hybridized carbons (Fsp3) is 0.375. The van der Waals surface area contributed by atoms with E-state index in [1.54, 1.807) is 38.5 Å². The molecular formula is C24H29NO5. The van der Waals surface area contributed by atoms with E-state index in [-0.39, 0.29) is 11.2 Å². The van der Waals surface area contributed by atoms with E-state index in [0.717, 1.165) is 26.1 Å². The SMILES string of the molecule is CCN(CC)CCCOc1c(-c2ccc(OC)c(OC)c2)oc2ccccc2c1=O. The van der Waals surface area contributed by atoms with Crippen molar-refractivity contribution >= 4 is 11.0 Å². The van der Waals surface area contributed by atoms with Gasteiger partial charge in [-0.2, -0.15) is 0 Å². The van der Waals surface area contributed by atoms with Gasteiger partial charge in [-0.1, -0.05) is 26.0 Å². The number of rotatable bonds is 10. The summed E-state index contributed by atoms with van der Waals surface area (Å²) in [5, 5.41) is 0.500. The van der Waals surface area contributed by atoms with Gasteiger partial charge in [0.1, 0.15) is 5.58 Å². The molecule has 3 aromatic rings. The Morgan fingerprint density at radius 2 is 1.70 bits per heavy atom. The standard InChI is InChI=1S/C24H29NO5/c1-5-25(6-2)14-9-15-29-24-22(26)18-10-7-8-11-19(18)30-23(24)17-12-13-20(27-3)21(16-17)28-4/h7-8,10-13,16H,5-6,9,14-15H2,1-4H3. The van der Waals surface area contributed by atoms with E-state index in [2.05, 4.69) is 18.7 Å². The van der Waals surface area contributed by atoms with E-state index in [1.165, 1.54) is 0 Å². The number of ether oxygens (including phenoxy) is 3. The van der Waals surface area contributed by atoms with Crippen LogP contribution in [0.25, 0.3) is 22.3 Å². The van der Waals surface area contributed by atoms with Crippen molar-refractivity contribution < 1.29 is 18.6 Å². The third kappa shape index (κ3) is 4.60. The Kier molecular flexibility index (Phi) is 7.36. The second kappa shape index (κ2) is 10.2. The van der Waals surface area contributed by atoms with Crippen molar-refractivity contribution in [1.82, 2.24) is 4.90 Å². The van der Waals surface area contributed by atoms with Gasteiger partial charge in [-0.05, 0) is 49.8 Å². The van der Waals surface area contributed by atoms with Crippen LogP contribution < -0.4 is 19.6 Å². The van der Waals surface area contributed by atoms with Crippen molar-refractivity contribution in [3.05, 3.63) is 52.7 Å². The fourth-order valence-corrected chi connectivity index (χ4v) is 3.43. The van der Waals surface area contributed by atoms with Crippen LogP contribution in [0.2, 0.25) is 0 Å². The lowest BCUT2D eigenvalue weighted by molar-refractivity contribution is 0.246. The Morgan fingerprint density at radius 1 is 0.967 bits per heavy atom. The molecule has 3 rings (SSSR count). The number of methoxy groups -OCH3 is 2. The predicted molar refractivity (Wildman–Crippen MR) is 119 cm³/mol. The summed E-state index contributed by atoms with van der Waals surface area (Å²) in [5.74, 6) is 1.77. The van der Waals surface area contributed by atoms with Gasteiger partial charge < -0.3 is 23.5 Å². The third-order valence-corrected chi connectivity index (χ3v) is 5.16. The van der Waals surface area contributed by atoms with Crippen LogP contribution in [0.5, 0.6) is 17.2 Å². The molecule has 6 nitrogen and oxygen atoms in total. The summed E-state index contributed by atoms with van der Waals surface area (Å²) < 4.78 is 22.9. The highest BCUT2D eigenvalue weighted by molar-refractivity contribution is 5.82. The molecule has 0 bridgehead atoms. The minimum Gasteiger partial charge on any atom is -0.493 e. The van der Waals surface area contributed by atoms with E-state index < -0.39 is 0 Å². The number of benzene rings is 2. The average Bonchev–Trinajstić information content (AvgIpc) is 2.79. The maximum atomic E-state index is 13.2. The first-order valence-electron chi connectivity index (χ1n) is 10.3. The van der Waals surface area contributed by atoms with Gasteiger partial charge in [-0.15, -0.1) is 0 Å². The molecule has 160 valence electrons. The molecule has 0 unspecified atom stereocenters. The molecule has 0 aliphatic carbocycles. The van der Waals surface area contributed by atoms with Gasteiger partial charge in [-0.25, -0.2) is 0 Å². The number of fused-ring (bicyclic) bond motifs is 1. The Morgan fingerprint density at radius 3 is 2.40 bits per heavy atom. The first kappa shape index (κ1) is 21.7. The van der Waals surface area contributed by atoms with Crippen LogP contribution in [0, 0.1) is 0 Å². The van der Waals surface area contributed by atoms with Crippen LogP contribution in [0.15, 0.2) is 51.7 Å². The second-order valence-electron chi connectivity index (χ2n) is 6.88. The number of nitrogens with zero attached hydrogens (tertiary/aromatic N) is 1. The Hall–Kier alpha value is -2.99. The second-order valence-corrected chi connectivity index (χ2v) is 6.88. The molecule has 0 saturated carbocycles. The zero-order valence-electron chi connectivity index (χ0n) is 18.1. The molecule has 0 aliphatic rings. The monoisotopic (exact) mass is 411 g/mol. The molecule has 30 heavy (non-hydrogen) atoms. The van der Waals surface area contributed by atoms with Gasteiger partial charge in [0, 0.05) is 12.1 Å². The summed E-state index contributed by atoms with van der Waals surface area (Å²) in [7, 11) is 3.15. The molecule has 0 fully saturated rings. The van der Waals surface area contributed by atoms with Gasteiger partial charge >= 0.3 is 0 Å². The van der Waals surface area contributed by atoms with Crippen molar-refractivity contribution in [2.45, 2.75) is 20.3 Å². The molecule has 6 heteroatoms. The minimum absolute atomic E-state index is 0.176. The molecule has 0 aliphatic heterocycles. The average molecular weight is 411 g/mol. The molecule has 0 spiro atoms. The van der Waals surface area contributed by atoms with Crippen LogP contribution in [0.3, 0.4) is 0 Å². The van der Waals surface area contributed by atoms with E-state index in [0.29, 0.717) is 40.4 Å². The largest absolute Gasteiger partial charge is 0.493 e. The summed E-state index contributed by atoms with van der Waals surface area (Å²) in [4.78, 5) is 15.5. The van der Waals surface area contributed by atoms with Crippen molar-refractivity contribution in [3.8, 4) is 28.6 Å². The molecule has 0 saturated heterocycles. The Labute approximate surface area is 177 Å². The highest BCUT2D eigenvalue weighted by Gasteiger charge is 2.19. The van der Waals surface area contributed by atoms with Crippen LogP contribution >= 0.6 is 0 Å². The lowest BCUT2D eigenvalue weighted by atomic mass is 10.1. The molecule has 2 aromatic carbocycles. The van der Waals surface area contributed by atoms with Crippen molar-refractivity contribution in [2.24, 2.45) is 0 Å². The van der Waals surface area contributed by atoms with E-state index in [9.17, 15) is 4.79 Å². The third-order valence-electron chi connectivity index (χ3n) is 5.16. The smallest absolute Gasteiger partial charge is 0.235 e. The highest BCUT2D eigenvalue weighted by Crippen LogP contribution is 2.36. The molecular weight excluding hydrogens is 382 g/mol. The Bertz CT molecular complexity index is 1040. The first-order chi connectivity index (χ1) is 14.6. The van der Waals surface area contributed by atoms with Crippen molar-refractivity contribution in [3.63, 3.8) is 0 Å². The summed E-state index contributed by atoms with van der Waals surface area (Å²) >= 11 is 0. The van der Waals surface area contributed by atoms with Crippen LogP contribution in [-0.4, -0.2) is 45.4 Å². The summed E-state index contributed by atoms with van der Waals surface area (Å²) in [6, 6.07) is 12.6. The minimum atomic E-state index is -0.176. The highest BCUT2D eigenvalue weighted by atomic mass is 16.5. The van der Waals surface area contributed by atoms with E-state index in [1.807, 2.05) is 18.2 Å². The maximum Gasteiger partial charge on any atom is 0.235 e. The lowest BCUT2D eigenvalue weighted by Gasteiger charge is -2.18. The molecule has 1 heterocycles. The van der Waals surface area contributed by atoms with Crippen LogP contribution in [0.4, 0.5) is 0 Å². The topological polar surface area (TPSA) is 61.1 Å². The van der Waals surface area contributed by atoms with Crippen LogP contribution in [-0.2, 0) is 0 Å². The molecule has 0 atom stereocenters. The number of hydrogen-bond acceptors (Lipinski definition) is 6. The predicted octanol–water partition coefficient (Wildman–Crippen LogP) is 4.59. The molecule has 0 amide bonds. The quantitative estimate of drug-likeness (QED) is 0.455. The van der Waals surface area contributed by atoms with Crippen molar-refractivity contribution in [2.75, 3.05) is 40.5 Å². The van der Waals surface area contributed by atoms with Gasteiger partial charge in [0.05, 0.1) is 26.2 Å². The lowest BCUT2D eigenvalue weighted by Crippen LogP contribution is -2.25. The van der Waals surface area contributed by atoms with E-state index in [4.69, 9.17) is 18.6 Å². The van der Waals surface area contributed by atoms with Gasteiger partial charge in [-0.3, -0.25) is 4.79 Å².